The fourth-order valence-corrected chi connectivity index (χ4v) is 10.6. The summed E-state index contributed by atoms with van der Waals surface area (Å²) >= 11 is 0. The van der Waals surface area contributed by atoms with Crippen molar-refractivity contribution in [3.63, 3.8) is 0 Å². The number of imide groups is 1. The minimum atomic E-state index is -0.706. The molecule has 2 atom stereocenters. The number of hydrogen-bond donors (Lipinski definition) is 2. The maximum atomic E-state index is 13.6. The van der Waals surface area contributed by atoms with Crippen molar-refractivity contribution in [3.05, 3.63) is 117 Å². The first-order valence-corrected chi connectivity index (χ1v) is 23.3. The molecule has 12 nitrogen and oxygen atoms in total. The fraction of sp³-hybridized carbons (Fsp3) is 0.442. The summed E-state index contributed by atoms with van der Waals surface area (Å²) in [5, 5.41) is 7.71. The Balaban J connectivity index is 0.746. The van der Waals surface area contributed by atoms with Gasteiger partial charge in [-0.05, 0) is 142 Å². The minimum Gasteiger partial charge on any atom is -0.352 e. The summed E-state index contributed by atoms with van der Waals surface area (Å²) in [6.45, 7) is 7.67. The molecule has 9 rings (SSSR count). The van der Waals surface area contributed by atoms with Crippen LogP contribution in [0.25, 0.3) is 21.8 Å². The highest BCUT2D eigenvalue weighted by Crippen LogP contribution is 2.34. The van der Waals surface area contributed by atoms with E-state index in [1.807, 2.05) is 17.0 Å². The Labute approximate surface area is 379 Å². The summed E-state index contributed by atoms with van der Waals surface area (Å²) in [6, 6.07) is 24.7. The van der Waals surface area contributed by atoms with Crippen LogP contribution in [0.5, 0.6) is 0 Å². The second-order valence-electron chi connectivity index (χ2n) is 18.5. The second kappa shape index (κ2) is 19.2. The largest absolute Gasteiger partial charge is 0.352 e. The van der Waals surface area contributed by atoms with Crippen LogP contribution in [0.1, 0.15) is 98.5 Å². The van der Waals surface area contributed by atoms with Crippen LogP contribution in [-0.2, 0) is 32.8 Å². The predicted octanol–water partition coefficient (Wildman–Crippen LogP) is 6.17. The number of aromatic nitrogens is 2. The molecule has 5 heterocycles. The molecule has 2 N–H and O–H groups in total. The van der Waals surface area contributed by atoms with Crippen LogP contribution in [0.15, 0.2) is 83.7 Å². The van der Waals surface area contributed by atoms with Gasteiger partial charge in [0.25, 0.3) is 0 Å². The molecule has 4 aliphatic rings. The first-order valence-electron chi connectivity index (χ1n) is 23.3. The van der Waals surface area contributed by atoms with Crippen LogP contribution in [0.3, 0.4) is 0 Å². The lowest BCUT2D eigenvalue weighted by molar-refractivity contribution is -0.136. The van der Waals surface area contributed by atoms with Gasteiger partial charge in [0.15, 0.2) is 0 Å². The lowest BCUT2D eigenvalue weighted by Gasteiger charge is -2.36. The molecule has 4 fully saturated rings. The third kappa shape index (κ3) is 9.51. The van der Waals surface area contributed by atoms with E-state index in [2.05, 4.69) is 87.7 Å². The summed E-state index contributed by atoms with van der Waals surface area (Å²) in [7, 11) is 1.72. The van der Waals surface area contributed by atoms with E-state index in [9.17, 15) is 28.4 Å². The number of likely N-dealkylation sites (tertiary alicyclic amines) is 3. The molecular formula is C52H58FN7O5. The zero-order valence-electron chi connectivity index (χ0n) is 37.4. The zero-order chi connectivity index (χ0) is 45.2. The molecule has 0 radical (unpaired) electrons. The number of halogens is 1. The van der Waals surface area contributed by atoms with E-state index in [0.29, 0.717) is 44.0 Å². The molecule has 4 saturated heterocycles. The van der Waals surface area contributed by atoms with Crippen molar-refractivity contribution >= 4 is 45.4 Å². The number of carbonyl (C=O) groups excluding carboxylic acids is 4. The van der Waals surface area contributed by atoms with Gasteiger partial charge in [0.1, 0.15) is 11.9 Å². The van der Waals surface area contributed by atoms with Crippen molar-refractivity contribution in [3.8, 4) is 11.8 Å². The summed E-state index contributed by atoms with van der Waals surface area (Å²) in [5.41, 5.74) is 5.38. The molecule has 13 heteroatoms. The molecule has 4 amide bonds. The van der Waals surface area contributed by atoms with Gasteiger partial charge < -0.3 is 10.2 Å². The Morgan fingerprint density at radius 2 is 1.57 bits per heavy atom. The summed E-state index contributed by atoms with van der Waals surface area (Å²) < 4.78 is 16.7. The molecule has 5 aromatic rings. The van der Waals surface area contributed by atoms with Gasteiger partial charge in [-0.25, -0.2) is 9.18 Å². The van der Waals surface area contributed by atoms with Crippen molar-refractivity contribution in [2.24, 2.45) is 18.9 Å². The maximum absolute atomic E-state index is 13.6. The fourth-order valence-electron chi connectivity index (χ4n) is 10.6. The van der Waals surface area contributed by atoms with E-state index in [0.717, 1.165) is 92.3 Å². The molecule has 65 heavy (non-hydrogen) atoms. The molecule has 4 aliphatic heterocycles. The Bertz CT molecular complexity index is 2740. The SMILES string of the molecule is C[C@H](c1ccc(C#CC2CCN(C(=O)CN3CCC(c4ccc5c(c4)n(C)c(=O)n5[C@@H]4CCC(=O)NC4=O)CC3)CC2)c2ccccc12)N1CCC(C(=O)NCc2cccc(F)c2)CC1. The molecular weight excluding hydrogens is 822 g/mol. The standard InChI is InChI=1S/C52H58FN7O5/c1-34(58-28-22-39(23-29-58)50(63)54-32-36-6-5-7-41(53)30-36)42-14-12-38(43-8-3-4-9-44(42)43)11-10-35-18-26-59(27-19-35)49(62)33-57-24-20-37(21-25-57)40-13-15-45-47(31-40)56(2)52(65)60(45)46-16-17-48(61)55-51(46)64/h3-9,12-15,30-31,34-35,37,39,46H,16-29,32-33H2,1-2H3,(H,54,63)(H,55,61,64)/t34-,46-/m1/s1. The number of aryl methyl sites for hydroxylation is 1. The lowest BCUT2D eigenvalue weighted by atomic mass is 9.89. The third-order valence-corrected chi connectivity index (χ3v) is 14.5. The van der Waals surface area contributed by atoms with Crippen molar-refractivity contribution in [2.75, 3.05) is 45.8 Å². The van der Waals surface area contributed by atoms with Gasteiger partial charge >= 0.3 is 5.69 Å². The van der Waals surface area contributed by atoms with E-state index < -0.39 is 11.9 Å². The highest BCUT2D eigenvalue weighted by Gasteiger charge is 2.33. The number of benzene rings is 4. The van der Waals surface area contributed by atoms with E-state index in [4.69, 9.17) is 0 Å². The lowest BCUT2D eigenvalue weighted by Crippen LogP contribution is -2.45. The van der Waals surface area contributed by atoms with Crippen LogP contribution in [-0.4, -0.2) is 93.3 Å². The van der Waals surface area contributed by atoms with Crippen molar-refractivity contribution in [1.82, 2.24) is 34.5 Å². The Morgan fingerprint density at radius 1 is 0.815 bits per heavy atom. The van der Waals surface area contributed by atoms with Gasteiger partial charge in [-0.2, -0.15) is 0 Å². The quantitative estimate of drug-likeness (QED) is 0.134. The first kappa shape index (κ1) is 44.1. The molecule has 0 saturated carbocycles. The van der Waals surface area contributed by atoms with Gasteiger partial charge in [0, 0.05) is 56.5 Å². The number of carbonyl (C=O) groups is 4. The van der Waals surface area contributed by atoms with E-state index in [1.165, 1.54) is 27.6 Å². The number of nitrogens with zero attached hydrogens (tertiary/aromatic N) is 5. The number of rotatable bonds is 9. The number of imidazole rings is 1. The summed E-state index contributed by atoms with van der Waals surface area (Å²) in [6.07, 6.45) is 5.59. The van der Waals surface area contributed by atoms with E-state index >= 15 is 0 Å². The minimum absolute atomic E-state index is 0.0344. The first-order chi connectivity index (χ1) is 31.5. The average Bonchev–Trinajstić information content (AvgIpc) is 3.57. The molecule has 0 bridgehead atoms. The Kier molecular flexibility index (Phi) is 13.0. The Hall–Kier alpha value is -6.10. The summed E-state index contributed by atoms with van der Waals surface area (Å²) in [5.74, 6) is 6.72. The van der Waals surface area contributed by atoms with Crippen molar-refractivity contribution in [1.29, 1.82) is 0 Å². The number of hydrogen-bond acceptors (Lipinski definition) is 7. The zero-order valence-corrected chi connectivity index (χ0v) is 37.4. The monoisotopic (exact) mass is 879 g/mol. The smallest absolute Gasteiger partial charge is 0.329 e. The van der Waals surface area contributed by atoms with Gasteiger partial charge in [-0.1, -0.05) is 60.4 Å². The number of piperidine rings is 4. The van der Waals surface area contributed by atoms with E-state index in [1.54, 1.807) is 17.7 Å². The predicted molar refractivity (Wildman–Crippen MR) is 248 cm³/mol. The normalized spacial score (nSPS) is 20.1. The Morgan fingerprint density at radius 3 is 2.31 bits per heavy atom. The van der Waals surface area contributed by atoms with Crippen LogP contribution in [0, 0.1) is 29.5 Å². The molecule has 338 valence electrons. The third-order valence-electron chi connectivity index (χ3n) is 14.5. The van der Waals surface area contributed by atoms with E-state index in [-0.39, 0.29) is 53.5 Å². The molecule has 4 aromatic carbocycles. The van der Waals surface area contributed by atoms with Gasteiger partial charge in [0.05, 0.1) is 17.6 Å². The molecule has 1 aromatic heterocycles. The molecule has 0 spiro atoms. The molecule has 0 aliphatic carbocycles. The number of fused-ring (bicyclic) bond motifs is 2. The van der Waals surface area contributed by atoms with Gasteiger partial charge in [0.2, 0.25) is 23.6 Å². The van der Waals surface area contributed by atoms with Gasteiger partial charge in [-0.15, -0.1) is 0 Å². The van der Waals surface area contributed by atoms with Crippen LogP contribution in [0.2, 0.25) is 0 Å². The van der Waals surface area contributed by atoms with Crippen molar-refractivity contribution in [2.45, 2.75) is 82.8 Å². The summed E-state index contributed by atoms with van der Waals surface area (Å²) in [4.78, 5) is 70.8. The maximum Gasteiger partial charge on any atom is 0.329 e. The van der Waals surface area contributed by atoms with Gasteiger partial charge in [-0.3, -0.25) is 43.4 Å². The van der Waals surface area contributed by atoms with Crippen LogP contribution in [0.4, 0.5) is 4.39 Å². The number of nitrogens with one attached hydrogen (secondary N) is 2. The molecule has 0 unspecified atom stereocenters. The average molecular weight is 880 g/mol. The second-order valence-corrected chi connectivity index (χ2v) is 18.5. The van der Waals surface area contributed by atoms with Crippen LogP contribution < -0.4 is 16.3 Å². The number of amides is 4. The van der Waals surface area contributed by atoms with Crippen LogP contribution >= 0.6 is 0 Å². The highest BCUT2D eigenvalue weighted by molar-refractivity contribution is 6.00. The highest BCUT2D eigenvalue weighted by atomic mass is 19.1. The van der Waals surface area contributed by atoms with Crippen molar-refractivity contribution < 1.29 is 23.6 Å². The topological polar surface area (TPSA) is 129 Å².